The van der Waals surface area contributed by atoms with Gasteiger partial charge in [0.15, 0.2) is 0 Å². The SMILES string of the molecule is C=CC([N+](CC)(CC)CC)P(=O)(OC)OC. The summed E-state index contributed by atoms with van der Waals surface area (Å²) in [5.41, 5.74) is 0. The molecule has 5 heteroatoms. The van der Waals surface area contributed by atoms with Gasteiger partial charge >= 0.3 is 7.60 Å². The van der Waals surface area contributed by atoms with E-state index < -0.39 is 7.60 Å². The van der Waals surface area contributed by atoms with Gasteiger partial charge in [0, 0.05) is 14.2 Å². The average Bonchev–Trinajstić information content (AvgIpc) is 2.35. The lowest BCUT2D eigenvalue weighted by atomic mass is 10.3. The predicted octanol–water partition coefficient (Wildman–Crippen LogP) is 2.86. The molecule has 0 amide bonds. The maximum absolute atomic E-state index is 12.5. The van der Waals surface area contributed by atoms with Crippen LogP contribution in [0.4, 0.5) is 0 Å². The Morgan fingerprint density at radius 3 is 1.75 bits per heavy atom. The Balaban J connectivity index is 5.39. The molecular formula is C11H25NO3P+. The summed E-state index contributed by atoms with van der Waals surface area (Å²) in [5.74, 6) is -0.303. The fourth-order valence-corrected chi connectivity index (χ4v) is 4.10. The third-order valence-corrected chi connectivity index (χ3v) is 5.86. The van der Waals surface area contributed by atoms with Crippen LogP contribution >= 0.6 is 7.60 Å². The maximum Gasteiger partial charge on any atom is 0.391 e. The fourth-order valence-electron chi connectivity index (χ4n) is 2.18. The Hall–Kier alpha value is -0.150. The highest BCUT2D eigenvalue weighted by atomic mass is 31.2. The Morgan fingerprint density at radius 1 is 1.19 bits per heavy atom. The average molecular weight is 250 g/mol. The molecule has 0 aliphatic carbocycles. The molecule has 0 aromatic rings. The minimum absolute atomic E-state index is 0.303. The highest BCUT2D eigenvalue weighted by molar-refractivity contribution is 7.54. The van der Waals surface area contributed by atoms with Crippen LogP contribution in [0.2, 0.25) is 0 Å². The van der Waals surface area contributed by atoms with Crippen LogP contribution in [-0.4, -0.2) is 44.1 Å². The first-order valence-corrected chi connectivity index (χ1v) is 7.30. The van der Waals surface area contributed by atoms with Crippen molar-refractivity contribution in [3.8, 4) is 0 Å². The van der Waals surface area contributed by atoms with Crippen LogP contribution in [0.5, 0.6) is 0 Å². The van der Waals surface area contributed by atoms with Crippen molar-refractivity contribution in [1.29, 1.82) is 0 Å². The molecule has 0 saturated heterocycles. The van der Waals surface area contributed by atoms with Crippen LogP contribution in [0.1, 0.15) is 20.8 Å². The lowest BCUT2D eigenvalue weighted by Gasteiger charge is -2.42. The van der Waals surface area contributed by atoms with E-state index >= 15 is 0 Å². The fraction of sp³-hybridized carbons (Fsp3) is 0.818. The second kappa shape index (κ2) is 6.55. The van der Waals surface area contributed by atoms with Crippen molar-refractivity contribution in [2.24, 2.45) is 0 Å². The zero-order valence-electron chi connectivity index (χ0n) is 11.1. The van der Waals surface area contributed by atoms with Crippen molar-refractivity contribution in [3.05, 3.63) is 12.7 Å². The van der Waals surface area contributed by atoms with Crippen LogP contribution in [0.15, 0.2) is 12.7 Å². The molecular weight excluding hydrogens is 225 g/mol. The molecule has 1 unspecified atom stereocenters. The molecule has 96 valence electrons. The normalized spacial score (nSPS) is 14.8. The number of likely N-dealkylation sites (N-methyl/N-ethyl adjacent to an activating group) is 1. The number of rotatable bonds is 8. The zero-order chi connectivity index (χ0) is 12.8. The monoisotopic (exact) mass is 250 g/mol. The molecule has 0 aromatic heterocycles. The van der Waals surface area contributed by atoms with Gasteiger partial charge in [-0.2, -0.15) is 0 Å². The van der Waals surface area contributed by atoms with E-state index in [2.05, 4.69) is 27.4 Å². The summed E-state index contributed by atoms with van der Waals surface area (Å²) in [5, 5.41) is 0. The molecule has 0 saturated carbocycles. The smallest absolute Gasteiger partial charge is 0.309 e. The first-order valence-electron chi connectivity index (χ1n) is 5.69. The topological polar surface area (TPSA) is 35.5 Å². The Kier molecular flexibility index (Phi) is 6.49. The second-order valence-corrected chi connectivity index (χ2v) is 6.06. The summed E-state index contributed by atoms with van der Waals surface area (Å²) in [7, 11) is -0.254. The van der Waals surface area contributed by atoms with E-state index in [4.69, 9.17) is 9.05 Å². The molecule has 0 heterocycles. The third kappa shape index (κ3) is 2.75. The molecule has 1 atom stereocenters. The van der Waals surface area contributed by atoms with Crippen molar-refractivity contribution in [2.45, 2.75) is 26.6 Å². The standard InChI is InChI=1S/C11H25NO3P/c1-7-11(16(13,14-5)15-6)12(8-2,9-3)10-4/h7,11H,1,8-10H2,2-6H3/q+1. The van der Waals surface area contributed by atoms with Gasteiger partial charge in [-0.25, -0.2) is 0 Å². The Labute approximate surface area is 99.4 Å². The first kappa shape index (κ1) is 15.9. The molecule has 0 spiro atoms. The highest BCUT2D eigenvalue weighted by Gasteiger charge is 2.45. The van der Waals surface area contributed by atoms with Crippen molar-refractivity contribution >= 4 is 7.60 Å². The van der Waals surface area contributed by atoms with Gasteiger partial charge in [0.25, 0.3) is 0 Å². The van der Waals surface area contributed by atoms with Crippen LogP contribution in [0.25, 0.3) is 0 Å². The predicted molar refractivity (Wildman–Crippen MR) is 67.5 cm³/mol. The van der Waals surface area contributed by atoms with E-state index in [0.29, 0.717) is 4.48 Å². The number of hydrogen-bond donors (Lipinski definition) is 0. The number of hydrogen-bond acceptors (Lipinski definition) is 3. The quantitative estimate of drug-likeness (QED) is 0.377. The summed E-state index contributed by atoms with van der Waals surface area (Å²) in [4.78, 5) is 0. The lowest BCUT2D eigenvalue weighted by molar-refractivity contribution is -0.929. The first-order chi connectivity index (χ1) is 7.50. The van der Waals surface area contributed by atoms with E-state index in [1.165, 1.54) is 14.2 Å². The number of quaternary nitrogens is 1. The third-order valence-electron chi connectivity index (χ3n) is 3.49. The molecule has 0 rings (SSSR count). The summed E-state index contributed by atoms with van der Waals surface area (Å²) < 4.78 is 23.3. The van der Waals surface area contributed by atoms with Gasteiger partial charge in [-0.1, -0.05) is 6.58 Å². The summed E-state index contributed by atoms with van der Waals surface area (Å²) in [6.45, 7) is 12.7. The highest BCUT2D eigenvalue weighted by Crippen LogP contribution is 2.55. The van der Waals surface area contributed by atoms with Gasteiger partial charge in [0.05, 0.1) is 19.6 Å². The van der Waals surface area contributed by atoms with Crippen molar-refractivity contribution in [3.63, 3.8) is 0 Å². The van der Waals surface area contributed by atoms with Gasteiger partial charge in [0.1, 0.15) is 0 Å². The van der Waals surface area contributed by atoms with Gasteiger partial charge in [0.2, 0.25) is 5.78 Å². The van der Waals surface area contributed by atoms with E-state index in [9.17, 15) is 4.57 Å². The van der Waals surface area contributed by atoms with Crippen LogP contribution in [0, 0.1) is 0 Å². The molecule has 0 radical (unpaired) electrons. The molecule has 0 aliphatic rings. The minimum atomic E-state index is -3.11. The Bertz CT molecular complexity index is 248. The van der Waals surface area contributed by atoms with Crippen molar-refractivity contribution in [2.75, 3.05) is 33.9 Å². The maximum atomic E-state index is 12.5. The number of nitrogens with zero attached hydrogens (tertiary/aromatic N) is 1. The summed E-state index contributed by atoms with van der Waals surface area (Å²) in [6.07, 6.45) is 1.70. The van der Waals surface area contributed by atoms with Crippen LogP contribution in [-0.2, 0) is 13.6 Å². The van der Waals surface area contributed by atoms with E-state index in [-0.39, 0.29) is 5.78 Å². The van der Waals surface area contributed by atoms with Gasteiger partial charge in [-0.3, -0.25) is 4.57 Å². The van der Waals surface area contributed by atoms with Crippen LogP contribution < -0.4 is 0 Å². The van der Waals surface area contributed by atoms with Gasteiger partial charge < -0.3 is 13.5 Å². The van der Waals surface area contributed by atoms with E-state index in [1.807, 2.05) is 0 Å². The molecule has 0 fully saturated rings. The van der Waals surface area contributed by atoms with Gasteiger partial charge in [-0.05, 0) is 26.8 Å². The lowest BCUT2D eigenvalue weighted by Crippen LogP contribution is -2.54. The summed E-state index contributed by atoms with van der Waals surface area (Å²) in [6, 6.07) is 0. The van der Waals surface area contributed by atoms with Crippen molar-refractivity contribution in [1.82, 2.24) is 0 Å². The van der Waals surface area contributed by atoms with E-state index in [0.717, 1.165) is 19.6 Å². The second-order valence-electron chi connectivity index (χ2n) is 3.72. The van der Waals surface area contributed by atoms with Crippen molar-refractivity contribution < 1.29 is 18.1 Å². The molecule has 4 nitrogen and oxygen atoms in total. The molecule has 0 N–H and O–H groups in total. The van der Waals surface area contributed by atoms with Crippen LogP contribution in [0.3, 0.4) is 0 Å². The Morgan fingerprint density at radius 2 is 1.56 bits per heavy atom. The molecule has 16 heavy (non-hydrogen) atoms. The summed E-state index contributed by atoms with van der Waals surface area (Å²) >= 11 is 0. The molecule has 0 aliphatic heterocycles. The largest absolute Gasteiger partial charge is 0.391 e. The minimum Gasteiger partial charge on any atom is -0.309 e. The molecule has 0 aromatic carbocycles. The molecule has 0 bridgehead atoms. The van der Waals surface area contributed by atoms with Gasteiger partial charge in [-0.15, -0.1) is 0 Å². The zero-order valence-corrected chi connectivity index (χ0v) is 12.0. The van der Waals surface area contributed by atoms with E-state index in [1.54, 1.807) is 6.08 Å².